The van der Waals surface area contributed by atoms with Gasteiger partial charge in [-0.15, -0.1) is 0 Å². The van der Waals surface area contributed by atoms with Crippen LogP contribution in [0.2, 0.25) is 0 Å². The van der Waals surface area contributed by atoms with Gasteiger partial charge in [0.1, 0.15) is 5.82 Å². The van der Waals surface area contributed by atoms with Crippen LogP contribution in [0.5, 0.6) is 0 Å². The second-order valence-corrected chi connectivity index (χ2v) is 4.80. The lowest BCUT2D eigenvalue weighted by Crippen LogP contribution is -2.30. The first-order chi connectivity index (χ1) is 9.54. The van der Waals surface area contributed by atoms with Crippen LogP contribution in [-0.2, 0) is 18.4 Å². The summed E-state index contributed by atoms with van der Waals surface area (Å²) < 4.78 is 1.94. The Hall–Kier alpha value is -2.34. The highest BCUT2D eigenvalue weighted by Gasteiger charge is 2.09. The molecule has 1 heterocycles. The summed E-state index contributed by atoms with van der Waals surface area (Å²) >= 11 is 0. The number of nitrogen functional groups attached to an aromatic ring is 1. The van der Waals surface area contributed by atoms with Crippen LogP contribution in [-0.4, -0.2) is 34.0 Å². The first kappa shape index (κ1) is 14.1. The van der Waals surface area contributed by atoms with Crippen molar-refractivity contribution >= 4 is 17.3 Å². The Morgan fingerprint density at radius 3 is 2.70 bits per heavy atom. The summed E-state index contributed by atoms with van der Waals surface area (Å²) in [5.41, 5.74) is 7.02. The molecule has 20 heavy (non-hydrogen) atoms. The number of benzene rings is 1. The molecule has 0 radical (unpaired) electrons. The largest absolute Gasteiger partial charge is 0.399 e. The summed E-state index contributed by atoms with van der Waals surface area (Å²) in [6.07, 6.45) is 3.63. The standard InChI is InChI=1S/C14H19N5O/c1-18(9-13-16-7-8-19(13)2)10-14(20)17-12-5-3-11(15)4-6-12/h3-8H,9-10,15H2,1-2H3,(H,17,20). The lowest BCUT2D eigenvalue weighted by molar-refractivity contribution is -0.117. The molecule has 0 aliphatic rings. The summed E-state index contributed by atoms with van der Waals surface area (Å²) in [6.45, 7) is 0.926. The van der Waals surface area contributed by atoms with Gasteiger partial charge >= 0.3 is 0 Å². The number of imidazole rings is 1. The minimum absolute atomic E-state index is 0.0634. The van der Waals surface area contributed by atoms with Crippen molar-refractivity contribution in [3.63, 3.8) is 0 Å². The number of aromatic nitrogens is 2. The average Bonchev–Trinajstić information content (AvgIpc) is 2.77. The van der Waals surface area contributed by atoms with E-state index in [4.69, 9.17) is 5.73 Å². The van der Waals surface area contributed by atoms with E-state index < -0.39 is 0 Å². The summed E-state index contributed by atoms with van der Waals surface area (Å²) in [4.78, 5) is 18.1. The molecule has 6 nitrogen and oxygen atoms in total. The summed E-state index contributed by atoms with van der Waals surface area (Å²) in [5, 5.41) is 2.83. The van der Waals surface area contributed by atoms with E-state index in [1.807, 2.05) is 29.8 Å². The highest BCUT2D eigenvalue weighted by molar-refractivity contribution is 5.92. The number of hydrogen-bond donors (Lipinski definition) is 2. The van der Waals surface area contributed by atoms with E-state index in [2.05, 4.69) is 10.3 Å². The molecule has 1 aromatic carbocycles. The van der Waals surface area contributed by atoms with Crippen LogP contribution in [0.15, 0.2) is 36.7 Å². The van der Waals surface area contributed by atoms with Crippen LogP contribution in [0.3, 0.4) is 0 Å². The molecule has 2 aromatic rings. The van der Waals surface area contributed by atoms with Gasteiger partial charge in [0, 0.05) is 30.8 Å². The van der Waals surface area contributed by atoms with Gasteiger partial charge in [-0.2, -0.15) is 0 Å². The molecule has 1 amide bonds. The Balaban J connectivity index is 1.85. The van der Waals surface area contributed by atoms with Gasteiger partial charge in [0.25, 0.3) is 0 Å². The maximum absolute atomic E-state index is 11.9. The second-order valence-electron chi connectivity index (χ2n) is 4.80. The molecule has 0 unspecified atom stereocenters. The number of nitrogens with one attached hydrogen (secondary N) is 1. The summed E-state index contributed by atoms with van der Waals surface area (Å²) in [6, 6.07) is 7.08. The fourth-order valence-electron chi connectivity index (χ4n) is 1.86. The van der Waals surface area contributed by atoms with Gasteiger partial charge in [-0.25, -0.2) is 4.98 Å². The number of nitrogens with two attached hydrogens (primary N) is 1. The Morgan fingerprint density at radius 1 is 1.40 bits per heavy atom. The van der Waals surface area contributed by atoms with Crippen molar-refractivity contribution in [3.8, 4) is 0 Å². The zero-order valence-electron chi connectivity index (χ0n) is 11.7. The first-order valence-corrected chi connectivity index (χ1v) is 6.35. The van der Waals surface area contributed by atoms with E-state index >= 15 is 0 Å². The number of carbonyl (C=O) groups is 1. The third kappa shape index (κ3) is 3.83. The molecule has 0 bridgehead atoms. The molecule has 0 aliphatic heterocycles. The van der Waals surface area contributed by atoms with Crippen molar-refractivity contribution in [1.29, 1.82) is 0 Å². The van der Waals surface area contributed by atoms with Crippen molar-refractivity contribution in [2.75, 3.05) is 24.6 Å². The lowest BCUT2D eigenvalue weighted by atomic mass is 10.3. The van der Waals surface area contributed by atoms with Crippen LogP contribution in [0.25, 0.3) is 0 Å². The Labute approximate surface area is 118 Å². The Kier molecular flexibility index (Phi) is 4.37. The quantitative estimate of drug-likeness (QED) is 0.799. The van der Waals surface area contributed by atoms with E-state index in [0.29, 0.717) is 18.8 Å². The minimum atomic E-state index is -0.0634. The number of likely N-dealkylation sites (N-methyl/N-ethyl adjacent to an activating group) is 1. The molecule has 3 N–H and O–H groups in total. The third-order valence-electron chi connectivity index (χ3n) is 2.94. The normalized spacial score (nSPS) is 10.8. The highest BCUT2D eigenvalue weighted by Crippen LogP contribution is 2.10. The van der Waals surface area contributed by atoms with Crippen molar-refractivity contribution in [3.05, 3.63) is 42.5 Å². The van der Waals surface area contributed by atoms with Crippen LogP contribution < -0.4 is 11.1 Å². The molecule has 6 heteroatoms. The predicted octanol–water partition coefficient (Wildman–Crippen LogP) is 1.07. The SMILES string of the molecule is CN(CC(=O)Nc1ccc(N)cc1)Cc1nccn1C. The predicted molar refractivity (Wildman–Crippen MR) is 79.0 cm³/mol. The molecule has 0 aliphatic carbocycles. The first-order valence-electron chi connectivity index (χ1n) is 6.35. The third-order valence-corrected chi connectivity index (χ3v) is 2.94. The molecule has 0 atom stereocenters. The van der Waals surface area contributed by atoms with Crippen molar-refractivity contribution in [2.24, 2.45) is 7.05 Å². The fraction of sp³-hybridized carbons (Fsp3) is 0.286. The number of carbonyl (C=O) groups excluding carboxylic acids is 1. The molecule has 106 valence electrons. The van der Waals surface area contributed by atoms with Gasteiger partial charge in [-0.3, -0.25) is 9.69 Å². The van der Waals surface area contributed by atoms with Crippen LogP contribution in [0.1, 0.15) is 5.82 Å². The number of anilines is 2. The molecule has 2 rings (SSSR count). The molecule has 0 saturated heterocycles. The fourth-order valence-corrected chi connectivity index (χ4v) is 1.86. The highest BCUT2D eigenvalue weighted by atomic mass is 16.2. The zero-order valence-corrected chi connectivity index (χ0v) is 11.7. The number of hydrogen-bond acceptors (Lipinski definition) is 4. The number of aryl methyl sites for hydroxylation is 1. The van der Waals surface area contributed by atoms with Crippen LogP contribution in [0, 0.1) is 0 Å². The molecular weight excluding hydrogens is 254 g/mol. The average molecular weight is 273 g/mol. The summed E-state index contributed by atoms with van der Waals surface area (Å²) in [7, 11) is 3.82. The second kappa shape index (κ2) is 6.21. The van der Waals surface area contributed by atoms with E-state index in [9.17, 15) is 4.79 Å². The maximum Gasteiger partial charge on any atom is 0.238 e. The number of nitrogens with zero attached hydrogens (tertiary/aromatic N) is 3. The monoisotopic (exact) mass is 273 g/mol. The Bertz CT molecular complexity index is 576. The van der Waals surface area contributed by atoms with Crippen molar-refractivity contribution < 1.29 is 4.79 Å². The van der Waals surface area contributed by atoms with Gasteiger partial charge in [0.05, 0.1) is 13.1 Å². The van der Waals surface area contributed by atoms with Crippen LogP contribution >= 0.6 is 0 Å². The molecule has 0 spiro atoms. The van der Waals surface area contributed by atoms with Gasteiger partial charge in [-0.05, 0) is 31.3 Å². The minimum Gasteiger partial charge on any atom is -0.399 e. The van der Waals surface area contributed by atoms with E-state index in [1.54, 1.807) is 30.5 Å². The maximum atomic E-state index is 11.9. The zero-order chi connectivity index (χ0) is 14.5. The van der Waals surface area contributed by atoms with E-state index in [1.165, 1.54) is 0 Å². The van der Waals surface area contributed by atoms with Gasteiger partial charge in [-0.1, -0.05) is 0 Å². The number of amides is 1. The topological polar surface area (TPSA) is 76.2 Å². The lowest BCUT2D eigenvalue weighted by Gasteiger charge is -2.16. The molecular formula is C14H19N5O. The van der Waals surface area contributed by atoms with Gasteiger partial charge < -0.3 is 15.6 Å². The van der Waals surface area contributed by atoms with Crippen molar-refractivity contribution in [2.45, 2.75) is 6.54 Å². The smallest absolute Gasteiger partial charge is 0.238 e. The molecule has 0 fully saturated rings. The molecule has 1 aromatic heterocycles. The number of rotatable bonds is 5. The molecule has 0 saturated carbocycles. The van der Waals surface area contributed by atoms with Crippen LogP contribution in [0.4, 0.5) is 11.4 Å². The van der Waals surface area contributed by atoms with Crippen molar-refractivity contribution in [1.82, 2.24) is 14.5 Å². The van der Waals surface area contributed by atoms with E-state index in [0.717, 1.165) is 11.5 Å². The van der Waals surface area contributed by atoms with E-state index in [-0.39, 0.29) is 5.91 Å². The van der Waals surface area contributed by atoms with Gasteiger partial charge in [0.2, 0.25) is 5.91 Å². The van der Waals surface area contributed by atoms with Gasteiger partial charge in [0.15, 0.2) is 0 Å². The Morgan fingerprint density at radius 2 is 2.10 bits per heavy atom. The summed E-state index contributed by atoms with van der Waals surface area (Å²) in [5.74, 6) is 0.860.